The van der Waals surface area contributed by atoms with Crippen molar-refractivity contribution >= 4 is 11.0 Å². The van der Waals surface area contributed by atoms with E-state index in [0.29, 0.717) is 13.2 Å². The van der Waals surface area contributed by atoms with Crippen molar-refractivity contribution in [2.45, 2.75) is 13.2 Å². The van der Waals surface area contributed by atoms with Crippen molar-refractivity contribution in [2.75, 3.05) is 0 Å². The summed E-state index contributed by atoms with van der Waals surface area (Å²) in [7, 11) is 0. The summed E-state index contributed by atoms with van der Waals surface area (Å²) in [5.74, 6) is 0. The van der Waals surface area contributed by atoms with Crippen LogP contribution in [0.3, 0.4) is 0 Å². The lowest BCUT2D eigenvalue weighted by Gasteiger charge is -1.98. The van der Waals surface area contributed by atoms with Gasteiger partial charge in [0.15, 0.2) is 0 Å². The molecule has 0 amide bonds. The molecule has 0 unspecified atom stereocenters. The Balaban J connectivity index is 2.72. The second-order valence-corrected chi connectivity index (χ2v) is 2.76. The molecule has 1 heterocycles. The molecule has 5 nitrogen and oxygen atoms in total. The molecule has 0 saturated carbocycles. The Bertz CT molecular complexity index is 419. The molecular weight excluding hydrogens is 166 g/mol. The van der Waals surface area contributed by atoms with Crippen LogP contribution in [-0.4, -0.2) is 15.0 Å². The van der Waals surface area contributed by atoms with Crippen LogP contribution in [0, 0.1) is 0 Å². The van der Waals surface area contributed by atoms with Gasteiger partial charge in [-0.05, 0) is 11.6 Å². The molecule has 68 valence electrons. The molecule has 2 aromatic rings. The predicted octanol–water partition coefficient (Wildman–Crippen LogP) is -0.194. The highest BCUT2D eigenvalue weighted by molar-refractivity contribution is 5.77. The van der Waals surface area contributed by atoms with Gasteiger partial charge in [0.05, 0.1) is 12.2 Å². The van der Waals surface area contributed by atoms with Gasteiger partial charge in [0.25, 0.3) is 0 Å². The van der Waals surface area contributed by atoms with E-state index in [-0.39, 0.29) is 0 Å². The SMILES string of the molecule is NCc1cccc2c1nnn2CN. The highest BCUT2D eigenvalue weighted by Crippen LogP contribution is 2.14. The largest absolute Gasteiger partial charge is 0.326 e. The Morgan fingerprint density at radius 3 is 2.85 bits per heavy atom. The number of rotatable bonds is 2. The minimum atomic E-state index is 0.338. The number of benzene rings is 1. The zero-order chi connectivity index (χ0) is 9.26. The van der Waals surface area contributed by atoms with E-state index in [9.17, 15) is 0 Å². The van der Waals surface area contributed by atoms with Crippen molar-refractivity contribution in [3.63, 3.8) is 0 Å². The van der Waals surface area contributed by atoms with E-state index < -0.39 is 0 Å². The molecule has 0 fully saturated rings. The van der Waals surface area contributed by atoms with Crippen LogP contribution < -0.4 is 11.5 Å². The minimum absolute atomic E-state index is 0.338. The van der Waals surface area contributed by atoms with E-state index in [0.717, 1.165) is 16.6 Å². The van der Waals surface area contributed by atoms with Crippen LogP contribution in [0.4, 0.5) is 0 Å². The third-order valence-electron chi connectivity index (χ3n) is 2.02. The molecule has 0 aliphatic carbocycles. The molecule has 4 N–H and O–H groups in total. The number of fused-ring (bicyclic) bond motifs is 1. The molecule has 0 saturated heterocycles. The normalized spacial score (nSPS) is 10.9. The first-order valence-electron chi connectivity index (χ1n) is 4.08. The van der Waals surface area contributed by atoms with Crippen molar-refractivity contribution in [1.82, 2.24) is 15.0 Å². The minimum Gasteiger partial charge on any atom is -0.326 e. The topological polar surface area (TPSA) is 82.8 Å². The van der Waals surface area contributed by atoms with Gasteiger partial charge in [-0.2, -0.15) is 0 Å². The molecule has 0 radical (unpaired) electrons. The molecule has 13 heavy (non-hydrogen) atoms. The average Bonchev–Trinajstić information content (AvgIpc) is 2.60. The van der Waals surface area contributed by atoms with Gasteiger partial charge in [-0.3, -0.25) is 0 Å². The van der Waals surface area contributed by atoms with E-state index in [1.165, 1.54) is 0 Å². The molecule has 1 aromatic heterocycles. The Morgan fingerprint density at radius 1 is 1.31 bits per heavy atom. The van der Waals surface area contributed by atoms with Crippen molar-refractivity contribution in [3.8, 4) is 0 Å². The lowest BCUT2D eigenvalue weighted by Crippen LogP contribution is -2.08. The van der Waals surface area contributed by atoms with E-state index >= 15 is 0 Å². The van der Waals surface area contributed by atoms with E-state index in [1.807, 2.05) is 18.2 Å². The smallest absolute Gasteiger partial charge is 0.117 e. The van der Waals surface area contributed by atoms with Crippen LogP contribution in [0.1, 0.15) is 5.56 Å². The maximum absolute atomic E-state index is 5.56. The summed E-state index contributed by atoms with van der Waals surface area (Å²) >= 11 is 0. The number of aromatic nitrogens is 3. The highest BCUT2D eigenvalue weighted by atomic mass is 15.4. The van der Waals surface area contributed by atoms with Gasteiger partial charge in [-0.25, -0.2) is 4.68 Å². The van der Waals surface area contributed by atoms with Gasteiger partial charge < -0.3 is 11.5 Å². The van der Waals surface area contributed by atoms with Gasteiger partial charge in [0.2, 0.25) is 0 Å². The van der Waals surface area contributed by atoms with Gasteiger partial charge >= 0.3 is 0 Å². The van der Waals surface area contributed by atoms with Crippen LogP contribution in [0.2, 0.25) is 0 Å². The summed E-state index contributed by atoms with van der Waals surface area (Å²) in [5, 5.41) is 7.92. The summed E-state index contributed by atoms with van der Waals surface area (Å²) in [4.78, 5) is 0. The quantitative estimate of drug-likeness (QED) is 0.665. The van der Waals surface area contributed by atoms with Gasteiger partial charge in [0, 0.05) is 6.54 Å². The second-order valence-electron chi connectivity index (χ2n) is 2.76. The fourth-order valence-electron chi connectivity index (χ4n) is 1.35. The lowest BCUT2D eigenvalue weighted by molar-refractivity contribution is 0.627. The van der Waals surface area contributed by atoms with Crippen LogP contribution in [0.25, 0.3) is 11.0 Å². The predicted molar refractivity (Wildman–Crippen MR) is 49.6 cm³/mol. The van der Waals surface area contributed by atoms with Crippen LogP contribution >= 0.6 is 0 Å². The highest BCUT2D eigenvalue weighted by Gasteiger charge is 2.05. The number of hydrogen-bond acceptors (Lipinski definition) is 4. The van der Waals surface area contributed by atoms with Crippen LogP contribution in [-0.2, 0) is 13.2 Å². The summed E-state index contributed by atoms with van der Waals surface area (Å²) in [5.41, 5.74) is 13.8. The Hall–Kier alpha value is -1.46. The molecule has 0 aliphatic heterocycles. The second kappa shape index (κ2) is 3.12. The summed E-state index contributed by atoms with van der Waals surface area (Å²) in [6, 6.07) is 5.80. The average molecular weight is 177 g/mol. The number of nitrogens with two attached hydrogens (primary N) is 2. The third-order valence-corrected chi connectivity index (χ3v) is 2.02. The maximum atomic E-state index is 5.56. The molecule has 0 atom stereocenters. The van der Waals surface area contributed by atoms with Crippen LogP contribution in [0.5, 0.6) is 0 Å². The standard InChI is InChI=1S/C8H11N5/c9-4-6-2-1-3-7-8(6)11-12-13(7)5-10/h1-3H,4-5,9-10H2. The first-order chi connectivity index (χ1) is 6.36. The maximum Gasteiger partial charge on any atom is 0.117 e. The van der Waals surface area contributed by atoms with Crippen molar-refractivity contribution in [3.05, 3.63) is 23.8 Å². The molecule has 0 aliphatic rings. The Kier molecular flexibility index (Phi) is 1.96. The van der Waals surface area contributed by atoms with Gasteiger partial charge in [0.1, 0.15) is 5.52 Å². The van der Waals surface area contributed by atoms with Gasteiger partial charge in [-0.1, -0.05) is 17.3 Å². The zero-order valence-electron chi connectivity index (χ0n) is 7.14. The van der Waals surface area contributed by atoms with Crippen molar-refractivity contribution in [2.24, 2.45) is 11.5 Å². The Morgan fingerprint density at radius 2 is 2.15 bits per heavy atom. The monoisotopic (exact) mass is 177 g/mol. The third kappa shape index (κ3) is 1.18. The van der Waals surface area contributed by atoms with Gasteiger partial charge in [-0.15, -0.1) is 5.10 Å². The van der Waals surface area contributed by atoms with Crippen molar-refractivity contribution < 1.29 is 0 Å². The molecule has 1 aromatic carbocycles. The molecule has 0 bridgehead atoms. The molecular formula is C8H11N5. The van der Waals surface area contributed by atoms with Crippen molar-refractivity contribution in [1.29, 1.82) is 0 Å². The van der Waals surface area contributed by atoms with E-state index in [1.54, 1.807) is 4.68 Å². The van der Waals surface area contributed by atoms with E-state index in [2.05, 4.69) is 10.3 Å². The molecule has 2 rings (SSSR count). The fraction of sp³-hybridized carbons (Fsp3) is 0.250. The Labute approximate surface area is 75.3 Å². The zero-order valence-corrected chi connectivity index (χ0v) is 7.14. The first kappa shape index (κ1) is 8.15. The summed E-state index contributed by atoms with van der Waals surface area (Å²) in [6.45, 7) is 0.811. The number of hydrogen-bond donors (Lipinski definition) is 2. The fourth-order valence-corrected chi connectivity index (χ4v) is 1.35. The lowest BCUT2D eigenvalue weighted by atomic mass is 10.2. The molecule has 5 heteroatoms. The number of nitrogens with zero attached hydrogens (tertiary/aromatic N) is 3. The summed E-state index contributed by atoms with van der Waals surface area (Å²) in [6.07, 6.45) is 0. The van der Waals surface area contributed by atoms with Crippen LogP contribution in [0.15, 0.2) is 18.2 Å². The molecule has 0 spiro atoms. The summed E-state index contributed by atoms with van der Waals surface area (Å²) < 4.78 is 1.65. The first-order valence-corrected chi connectivity index (χ1v) is 4.08. The van der Waals surface area contributed by atoms with E-state index in [4.69, 9.17) is 11.5 Å².